The number of hydrogen-bond acceptors (Lipinski definition) is 1. The molecule has 400 valence electrons. The van der Waals surface area contributed by atoms with Gasteiger partial charge in [0.15, 0.2) is 0 Å². The van der Waals surface area contributed by atoms with Crippen molar-refractivity contribution < 1.29 is 0 Å². The highest BCUT2D eigenvalue weighted by molar-refractivity contribution is 6.13. The quantitative estimate of drug-likeness (QED) is 0.141. The molecule has 0 atom stereocenters. The summed E-state index contributed by atoms with van der Waals surface area (Å²) in [7, 11) is 0. The zero-order chi connectivity index (χ0) is 56.3. The molecule has 85 heavy (non-hydrogen) atoms. The van der Waals surface area contributed by atoms with Crippen LogP contribution in [0.1, 0.15) is 25.0 Å². The van der Waals surface area contributed by atoms with Gasteiger partial charge in [0.2, 0.25) is 0 Å². The molecule has 3 heterocycles. The summed E-state index contributed by atoms with van der Waals surface area (Å²) in [4.78, 5) is 2.44. The van der Waals surface area contributed by atoms with Crippen molar-refractivity contribution in [3.8, 4) is 61.6 Å². The average molecular weight is 1090 g/mol. The maximum Gasteiger partial charge on any atom is 0.0547 e. The molecule has 17 rings (SSSR count). The highest BCUT2D eigenvalue weighted by atomic mass is 15.1. The van der Waals surface area contributed by atoms with Crippen molar-refractivity contribution in [3.63, 3.8) is 0 Å². The van der Waals surface area contributed by atoms with Gasteiger partial charge in [0.25, 0.3) is 0 Å². The van der Waals surface area contributed by atoms with Gasteiger partial charge in [0.05, 0.1) is 33.1 Å². The Labute approximate surface area is 493 Å². The predicted octanol–water partition coefficient (Wildman–Crippen LogP) is 21.8. The van der Waals surface area contributed by atoms with E-state index in [-0.39, 0.29) is 5.41 Å². The number of rotatable bonds is 9. The molecule has 4 heteroatoms. The van der Waals surface area contributed by atoms with Crippen LogP contribution in [0.3, 0.4) is 0 Å². The molecular formula is C81H56N4. The standard InChI is InChI=1S/C81H56N4/c1-81(2)73-50-57(58-35-44-70-67-24-12-15-27-75(67)85(80(70)51-58)61-22-10-5-11-23-61)34-43-65(73)66-45-42-64(52-74(66)81)82(62-38-30-53(31-39-62)55-36-46-78-71(48-55)68-25-13-16-28-76(68)83(78)59-18-6-3-7-19-59)63-40-32-54(33-41-63)56-37-47-79-72(49-56)69-26-14-17-29-77(69)84(79)60-20-8-4-9-21-60/h3-52H,1-2H3. The van der Waals surface area contributed by atoms with Gasteiger partial charge in [-0.05, 0) is 183 Å². The number of aromatic nitrogens is 3. The first-order chi connectivity index (χ1) is 41.9. The highest BCUT2D eigenvalue weighted by Gasteiger charge is 2.36. The van der Waals surface area contributed by atoms with E-state index in [9.17, 15) is 0 Å². The number of benzene rings is 13. The van der Waals surface area contributed by atoms with Crippen LogP contribution in [0.4, 0.5) is 17.1 Å². The van der Waals surface area contributed by atoms with Gasteiger partial charge in [-0.3, -0.25) is 0 Å². The number of hydrogen-bond donors (Lipinski definition) is 0. The second-order valence-corrected chi connectivity index (χ2v) is 23.3. The minimum atomic E-state index is -0.274. The zero-order valence-electron chi connectivity index (χ0n) is 47.2. The third-order valence-corrected chi connectivity index (χ3v) is 18.2. The lowest BCUT2D eigenvalue weighted by atomic mass is 9.81. The molecule has 4 nitrogen and oxygen atoms in total. The zero-order valence-corrected chi connectivity index (χ0v) is 47.2. The molecule has 13 aromatic carbocycles. The second kappa shape index (κ2) is 19.1. The highest BCUT2D eigenvalue weighted by Crippen LogP contribution is 2.52. The van der Waals surface area contributed by atoms with Crippen molar-refractivity contribution in [1.82, 2.24) is 13.7 Å². The van der Waals surface area contributed by atoms with Crippen molar-refractivity contribution in [2.75, 3.05) is 4.90 Å². The Morgan fingerprint density at radius 1 is 0.235 bits per heavy atom. The molecule has 0 saturated carbocycles. The molecule has 0 bridgehead atoms. The maximum absolute atomic E-state index is 2.45. The Bertz CT molecular complexity index is 5100. The lowest BCUT2D eigenvalue weighted by Gasteiger charge is -2.28. The van der Waals surface area contributed by atoms with Gasteiger partial charge in [0, 0.05) is 71.9 Å². The Morgan fingerprint density at radius 2 is 0.565 bits per heavy atom. The Morgan fingerprint density at radius 3 is 1.06 bits per heavy atom. The second-order valence-electron chi connectivity index (χ2n) is 23.3. The lowest BCUT2D eigenvalue weighted by molar-refractivity contribution is 0.660. The van der Waals surface area contributed by atoms with Gasteiger partial charge < -0.3 is 18.6 Å². The molecule has 3 aromatic heterocycles. The predicted molar refractivity (Wildman–Crippen MR) is 358 cm³/mol. The summed E-state index contributed by atoms with van der Waals surface area (Å²) in [6, 6.07) is 112. The molecule has 0 aliphatic heterocycles. The van der Waals surface area contributed by atoms with E-state index in [2.05, 4.69) is 336 Å². The van der Waals surface area contributed by atoms with Gasteiger partial charge in [-0.15, -0.1) is 0 Å². The molecule has 0 unspecified atom stereocenters. The van der Waals surface area contributed by atoms with Crippen molar-refractivity contribution in [1.29, 1.82) is 0 Å². The molecule has 0 fully saturated rings. The van der Waals surface area contributed by atoms with Gasteiger partial charge in [-0.25, -0.2) is 0 Å². The Hall–Kier alpha value is -10.9. The van der Waals surface area contributed by atoms with Crippen LogP contribution >= 0.6 is 0 Å². The number of fused-ring (bicyclic) bond motifs is 12. The Balaban J connectivity index is 0.759. The van der Waals surface area contributed by atoms with E-state index in [0.717, 1.165) is 34.1 Å². The fourth-order valence-electron chi connectivity index (χ4n) is 14.1. The summed E-state index contributed by atoms with van der Waals surface area (Å²) < 4.78 is 7.17. The lowest BCUT2D eigenvalue weighted by Crippen LogP contribution is -2.16. The van der Waals surface area contributed by atoms with Crippen molar-refractivity contribution in [2.24, 2.45) is 0 Å². The van der Waals surface area contributed by atoms with Gasteiger partial charge in [-0.1, -0.05) is 190 Å². The van der Waals surface area contributed by atoms with Crippen LogP contribution in [0.2, 0.25) is 0 Å². The first-order valence-corrected chi connectivity index (χ1v) is 29.5. The van der Waals surface area contributed by atoms with E-state index < -0.39 is 0 Å². The summed E-state index contributed by atoms with van der Waals surface area (Å²) in [5.74, 6) is 0. The molecule has 0 saturated heterocycles. The molecule has 0 spiro atoms. The van der Waals surface area contributed by atoms with Crippen LogP contribution in [0.5, 0.6) is 0 Å². The number of nitrogens with zero attached hydrogens (tertiary/aromatic N) is 4. The summed E-state index contributed by atoms with van der Waals surface area (Å²) in [5, 5.41) is 7.50. The van der Waals surface area contributed by atoms with E-state index in [1.807, 2.05) is 0 Å². The summed E-state index contributed by atoms with van der Waals surface area (Å²) >= 11 is 0. The summed E-state index contributed by atoms with van der Waals surface area (Å²) in [6.45, 7) is 4.80. The molecule has 1 aliphatic carbocycles. The van der Waals surface area contributed by atoms with Gasteiger partial charge in [-0.2, -0.15) is 0 Å². The number of anilines is 3. The minimum absolute atomic E-state index is 0.274. The van der Waals surface area contributed by atoms with E-state index in [0.29, 0.717) is 0 Å². The van der Waals surface area contributed by atoms with Crippen molar-refractivity contribution >= 4 is 82.5 Å². The van der Waals surface area contributed by atoms with E-state index >= 15 is 0 Å². The van der Waals surface area contributed by atoms with Crippen molar-refractivity contribution in [2.45, 2.75) is 19.3 Å². The van der Waals surface area contributed by atoms with Crippen LogP contribution in [0.15, 0.2) is 303 Å². The topological polar surface area (TPSA) is 18.0 Å². The fourth-order valence-corrected chi connectivity index (χ4v) is 14.1. The minimum Gasteiger partial charge on any atom is -0.310 e. The van der Waals surface area contributed by atoms with Crippen molar-refractivity contribution in [3.05, 3.63) is 314 Å². The van der Waals surface area contributed by atoms with Gasteiger partial charge >= 0.3 is 0 Å². The SMILES string of the molecule is CC1(C)c2cc(-c3ccc4c5ccccc5n(-c5ccccc5)c4c3)ccc2-c2ccc(N(c3ccc(-c4ccc5c(c4)c4ccccc4n5-c4ccccc4)cc3)c3ccc(-c4ccc5c(c4)c4ccccc4n5-c4ccccc4)cc3)cc21. The molecule has 0 N–H and O–H groups in total. The third-order valence-electron chi connectivity index (χ3n) is 18.2. The van der Waals surface area contributed by atoms with Crippen LogP contribution in [0, 0.1) is 0 Å². The third kappa shape index (κ3) is 7.69. The van der Waals surface area contributed by atoms with Crippen LogP contribution in [0.25, 0.3) is 127 Å². The van der Waals surface area contributed by atoms with Gasteiger partial charge in [0.1, 0.15) is 0 Å². The summed E-state index contributed by atoms with van der Waals surface area (Å²) in [6.07, 6.45) is 0. The van der Waals surface area contributed by atoms with E-state index in [4.69, 9.17) is 0 Å². The van der Waals surface area contributed by atoms with Crippen LogP contribution in [-0.2, 0) is 5.41 Å². The number of para-hydroxylation sites is 6. The molecular weight excluding hydrogens is 1030 g/mol. The first-order valence-electron chi connectivity index (χ1n) is 29.5. The fraction of sp³-hybridized carbons (Fsp3) is 0.0370. The normalized spacial score (nSPS) is 12.7. The summed E-state index contributed by atoms with van der Waals surface area (Å²) in [5.41, 5.74) is 26.1. The first kappa shape index (κ1) is 48.7. The molecule has 0 radical (unpaired) electrons. The smallest absolute Gasteiger partial charge is 0.0547 e. The van der Waals surface area contributed by atoms with Crippen LogP contribution in [-0.4, -0.2) is 13.7 Å². The monoisotopic (exact) mass is 1080 g/mol. The largest absolute Gasteiger partial charge is 0.310 e. The Kier molecular flexibility index (Phi) is 10.9. The maximum atomic E-state index is 2.45. The van der Waals surface area contributed by atoms with Crippen LogP contribution < -0.4 is 4.90 Å². The molecule has 1 aliphatic rings. The van der Waals surface area contributed by atoms with E-state index in [1.165, 1.54) is 121 Å². The van der Waals surface area contributed by atoms with E-state index in [1.54, 1.807) is 0 Å². The molecule has 0 amide bonds. The average Bonchev–Trinajstić information content (AvgIpc) is 2.26. The molecule has 16 aromatic rings.